The Labute approximate surface area is 144 Å². The molecule has 0 spiro atoms. The summed E-state index contributed by atoms with van der Waals surface area (Å²) >= 11 is 0. The highest BCUT2D eigenvalue weighted by Gasteiger charge is 2.21. The van der Waals surface area contributed by atoms with E-state index in [-0.39, 0.29) is 5.82 Å². The molecule has 0 saturated heterocycles. The highest BCUT2D eigenvalue weighted by atomic mass is 19.1. The zero-order chi connectivity index (χ0) is 16.8. The molecule has 1 aliphatic rings. The van der Waals surface area contributed by atoms with E-state index in [1.54, 1.807) is 12.1 Å². The predicted octanol–water partition coefficient (Wildman–Crippen LogP) is 6.48. The molecule has 0 heterocycles. The molecule has 128 valence electrons. The number of halogens is 1. The molecule has 2 heteroatoms. The van der Waals surface area contributed by atoms with Crippen molar-refractivity contribution in [1.29, 1.82) is 0 Å². The van der Waals surface area contributed by atoms with Crippen LogP contribution >= 0.6 is 0 Å². The van der Waals surface area contributed by atoms with Crippen LogP contribution in [-0.2, 0) is 6.61 Å². The fourth-order valence-corrected chi connectivity index (χ4v) is 3.78. The molecule has 1 aliphatic carbocycles. The first-order chi connectivity index (χ1) is 11.7. The molecule has 0 amide bonds. The summed E-state index contributed by atoms with van der Waals surface area (Å²) in [4.78, 5) is 0. The van der Waals surface area contributed by atoms with E-state index in [1.807, 2.05) is 0 Å². The molecule has 1 nitrogen and oxygen atoms in total. The summed E-state index contributed by atoms with van der Waals surface area (Å²) < 4.78 is 18.6. The second-order valence-corrected chi connectivity index (χ2v) is 6.99. The Kier molecular flexibility index (Phi) is 5.90. The molecule has 1 saturated carbocycles. The van der Waals surface area contributed by atoms with Gasteiger partial charge in [0, 0.05) is 0 Å². The lowest BCUT2D eigenvalue weighted by molar-refractivity contribution is 0.304. The van der Waals surface area contributed by atoms with Crippen molar-refractivity contribution in [2.45, 2.75) is 58.0 Å². The van der Waals surface area contributed by atoms with E-state index < -0.39 is 0 Å². The third-order valence-corrected chi connectivity index (χ3v) is 5.21. The molecule has 1 fully saturated rings. The maximum absolute atomic E-state index is 12.9. The van der Waals surface area contributed by atoms with Crippen molar-refractivity contribution in [2.75, 3.05) is 0 Å². The van der Waals surface area contributed by atoms with E-state index >= 15 is 0 Å². The van der Waals surface area contributed by atoms with E-state index in [1.165, 1.54) is 56.2 Å². The normalized spacial score (nSPS) is 20.8. The monoisotopic (exact) mass is 326 g/mol. The van der Waals surface area contributed by atoms with Crippen molar-refractivity contribution in [3.63, 3.8) is 0 Å². The van der Waals surface area contributed by atoms with Gasteiger partial charge in [0.15, 0.2) is 0 Å². The third kappa shape index (κ3) is 4.59. The van der Waals surface area contributed by atoms with Crippen molar-refractivity contribution < 1.29 is 9.13 Å². The maximum Gasteiger partial charge on any atom is 0.123 e. The fraction of sp³-hybridized carbons (Fsp3) is 0.455. The molecule has 0 unspecified atom stereocenters. The van der Waals surface area contributed by atoms with Crippen LogP contribution in [0, 0.1) is 11.7 Å². The lowest BCUT2D eigenvalue weighted by atomic mass is 9.77. The van der Waals surface area contributed by atoms with Crippen LogP contribution in [0.2, 0.25) is 0 Å². The average molecular weight is 326 g/mol. The number of hydrogen-bond donors (Lipinski definition) is 0. The summed E-state index contributed by atoms with van der Waals surface area (Å²) in [6, 6.07) is 15.0. The van der Waals surface area contributed by atoms with Gasteiger partial charge >= 0.3 is 0 Å². The highest BCUT2D eigenvalue weighted by molar-refractivity contribution is 5.27. The minimum atomic E-state index is -0.236. The number of hydrogen-bond acceptors (Lipinski definition) is 1. The number of benzene rings is 2. The second-order valence-electron chi connectivity index (χ2n) is 6.99. The molecular formula is C22H27FO. The Morgan fingerprint density at radius 3 is 2.21 bits per heavy atom. The largest absolute Gasteiger partial charge is 0.489 e. The molecule has 0 radical (unpaired) electrons. The SMILES string of the molecule is CCC[C@H]1CC[C@H](c2ccc(COc3ccc(F)cc3)cc2)CC1. The third-order valence-electron chi connectivity index (χ3n) is 5.21. The van der Waals surface area contributed by atoms with Gasteiger partial charge in [0.1, 0.15) is 18.2 Å². The first-order valence-electron chi connectivity index (χ1n) is 9.22. The van der Waals surface area contributed by atoms with Gasteiger partial charge in [-0.2, -0.15) is 0 Å². The van der Waals surface area contributed by atoms with Gasteiger partial charge in [-0.3, -0.25) is 0 Å². The molecular weight excluding hydrogens is 299 g/mol. The Hall–Kier alpha value is -1.83. The predicted molar refractivity (Wildman–Crippen MR) is 96.8 cm³/mol. The van der Waals surface area contributed by atoms with Gasteiger partial charge in [0.05, 0.1) is 0 Å². The minimum Gasteiger partial charge on any atom is -0.489 e. The van der Waals surface area contributed by atoms with Crippen molar-refractivity contribution in [3.8, 4) is 5.75 Å². The Balaban J connectivity index is 1.51. The first kappa shape index (κ1) is 17.0. The van der Waals surface area contributed by atoms with E-state index in [0.29, 0.717) is 12.4 Å². The minimum absolute atomic E-state index is 0.236. The van der Waals surface area contributed by atoms with Gasteiger partial charge in [0.2, 0.25) is 0 Å². The van der Waals surface area contributed by atoms with E-state index in [0.717, 1.165) is 17.4 Å². The average Bonchev–Trinajstić information content (AvgIpc) is 2.63. The van der Waals surface area contributed by atoms with Gasteiger partial charge in [-0.25, -0.2) is 4.39 Å². The summed E-state index contributed by atoms with van der Waals surface area (Å²) in [5.41, 5.74) is 2.62. The molecule has 24 heavy (non-hydrogen) atoms. The van der Waals surface area contributed by atoms with Crippen LogP contribution in [0.15, 0.2) is 48.5 Å². The summed E-state index contributed by atoms with van der Waals surface area (Å²) in [6.07, 6.45) is 8.14. The van der Waals surface area contributed by atoms with Gasteiger partial charge in [-0.15, -0.1) is 0 Å². The highest BCUT2D eigenvalue weighted by Crippen LogP contribution is 2.37. The Morgan fingerprint density at radius 1 is 0.917 bits per heavy atom. The van der Waals surface area contributed by atoms with Crippen LogP contribution in [-0.4, -0.2) is 0 Å². The van der Waals surface area contributed by atoms with Gasteiger partial charge < -0.3 is 4.74 Å². The summed E-state index contributed by atoms with van der Waals surface area (Å²) in [5, 5.41) is 0. The Bertz CT molecular complexity index is 609. The zero-order valence-electron chi connectivity index (χ0n) is 14.5. The van der Waals surface area contributed by atoms with Crippen molar-refractivity contribution >= 4 is 0 Å². The zero-order valence-corrected chi connectivity index (χ0v) is 14.5. The second kappa shape index (κ2) is 8.32. The van der Waals surface area contributed by atoms with Crippen LogP contribution in [0.3, 0.4) is 0 Å². The standard InChI is InChI=1S/C22H27FO/c1-2-3-17-4-8-19(9-5-17)20-10-6-18(7-11-20)16-24-22-14-12-21(23)13-15-22/h6-7,10-15,17,19H,2-5,8-9,16H2,1H3/t17-,19-. The topological polar surface area (TPSA) is 9.23 Å². The van der Waals surface area contributed by atoms with E-state index in [4.69, 9.17) is 4.74 Å². The molecule has 0 aliphatic heterocycles. The van der Waals surface area contributed by atoms with Gasteiger partial charge in [0.25, 0.3) is 0 Å². The van der Waals surface area contributed by atoms with Crippen molar-refractivity contribution in [2.24, 2.45) is 5.92 Å². The molecule has 0 N–H and O–H groups in total. The van der Waals surface area contributed by atoms with Gasteiger partial charge in [-0.05, 0) is 72.9 Å². The van der Waals surface area contributed by atoms with Crippen LogP contribution in [0.5, 0.6) is 5.75 Å². The van der Waals surface area contributed by atoms with Crippen LogP contribution in [0.25, 0.3) is 0 Å². The molecule has 0 aromatic heterocycles. The molecule has 0 atom stereocenters. The maximum atomic E-state index is 12.9. The van der Waals surface area contributed by atoms with E-state index in [2.05, 4.69) is 31.2 Å². The van der Waals surface area contributed by atoms with Crippen molar-refractivity contribution in [3.05, 3.63) is 65.5 Å². The van der Waals surface area contributed by atoms with Crippen LogP contribution < -0.4 is 4.74 Å². The van der Waals surface area contributed by atoms with Crippen LogP contribution in [0.1, 0.15) is 62.5 Å². The van der Waals surface area contributed by atoms with Gasteiger partial charge in [-0.1, -0.05) is 44.0 Å². The molecule has 2 aromatic carbocycles. The van der Waals surface area contributed by atoms with Crippen molar-refractivity contribution in [1.82, 2.24) is 0 Å². The molecule has 2 aromatic rings. The molecule has 3 rings (SSSR count). The number of ether oxygens (including phenoxy) is 1. The summed E-state index contributed by atoms with van der Waals surface area (Å²) in [5.74, 6) is 2.15. The quantitative estimate of drug-likeness (QED) is 0.590. The summed E-state index contributed by atoms with van der Waals surface area (Å²) in [6.45, 7) is 2.81. The Morgan fingerprint density at radius 2 is 1.58 bits per heavy atom. The summed E-state index contributed by atoms with van der Waals surface area (Å²) in [7, 11) is 0. The first-order valence-corrected chi connectivity index (χ1v) is 9.22. The smallest absolute Gasteiger partial charge is 0.123 e. The molecule has 0 bridgehead atoms. The number of rotatable bonds is 6. The lowest BCUT2D eigenvalue weighted by Gasteiger charge is -2.28. The lowest BCUT2D eigenvalue weighted by Crippen LogP contribution is -2.13. The van der Waals surface area contributed by atoms with E-state index in [9.17, 15) is 4.39 Å². The van der Waals surface area contributed by atoms with Crippen LogP contribution in [0.4, 0.5) is 4.39 Å². The fourth-order valence-electron chi connectivity index (χ4n) is 3.78.